The molecule has 0 aliphatic heterocycles. The van der Waals surface area contributed by atoms with E-state index in [1.54, 1.807) is 32.4 Å². The summed E-state index contributed by atoms with van der Waals surface area (Å²) in [4.78, 5) is 12.5. The third-order valence-corrected chi connectivity index (χ3v) is 7.15. The van der Waals surface area contributed by atoms with Gasteiger partial charge in [0.05, 0.1) is 14.2 Å². The first-order valence-corrected chi connectivity index (χ1v) is 11.6. The zero-order valence-electron chi connectivity index (χ0n) is 17.9. The van der Waals surface area contributed by atoms with E-state index in [4.69, 9.17) is 15.2 Å². The number of hydrogen-bond donors (Lipinski definition) is 2. The smallest absolute Gasteiger partial charge is 0.251 e. The molecule has 1 amide bonds. The number of anilines is 1. The second kappa shape index (κ2) is 11.2. The van der Waals surface area contributed by atoms with Crippen LogP contribution in [0.2, 0.25) is 0 Å². The van der Waals surface area contributed by atoms with Crippen LogP contribution in [0.25, 0.3) is 0 Å². The number of ether oxygens (including phenoxy) is 2. The predicted molar refractivity (Wildman–Crippen MR) is 125 cm³/mol. The number of nitrogen functional groups attached to an aromatic ring is 1. The largest absolute Gasteiger partial charge is 0.493 e. The monoisotopic (exact) mass is 428 g/mol. The van der Waals surface area contributed by atoms with Gasteiger partial charge < -0.3 is 20.5 Å². The molecule has 3 rings (SSSR count). The van der Waals surface area contributed by atoms with Crippen LogP contribution in [0.5, 0.6) is 11.5 Å². The van der Waals surface area contributed by atoms with E-state index in [2.05, 4.69) is 17.4 Å². The van der Waals surface area contributed by atoms with E-state index in [9.17, 15) is 4.79 Å². The fraction of sp³-hybridized carbons (Fsp3) is 0.458. The molecule has 6 heteroatoms. The van der Waals surface area contributed by atoms with Gasteiger partial charge in [0.2, 0.25) is 0 Å². The Kier molecular flexibility index (Phi) is 8.31. The highest BCUT2D eigenvalue weighted by molar-refractivity contribution is 7.99. The molecule has 1 aliphatic rings. The van der Waals surface area contributed by atoms with Crippen molar-refractivity contribution in [1.82, 2.24) is 5.32 Å². The van der Waals surface area contributed by atoms with E-state index in [0.717, 1.165) is 11.4 Å². The number of rotatable bonds is 9. The lowest BCUT2D eigenvalue weighted by molar-refractivity contribution is 0.0955. The van der Waals surface area contributed by atoms with Crippen molar-refractivity contribution in [3.05, 3.63) is 53.6 Å². The number of para-hydroxylation sites is 1. The number of benzene rings is 2. The zero-order valence-corrected chi connectivity index (χ0v) is 18.7. The Morgan fingerprint density at radius 2 is 1.83 bits per heavy atom. The van der Waals surface area contributed by atoms with Crippen molar-refractivity contribution in [2.24, 2.45) is 5.92 Å². The molecule has 0 spiro atoms. The lowest BCUT2D eigenvalue weighted by Gasteiger charge is -2.31. The zero-order chi connectivity index (χ0) is 21.3. The Labute approximate surface area is 183 Å². The summed E-state index contributed by atoms with van der Waals surface area (Å²) in [5.74, 6) is 2.55. The van der Waals surface area contributed by atoms with E-state index < -0.39 is 0 Å². The van der Waals surface area contributed by atoms with Gasteiger partial charge in [0.1, 0.15) is 0 Å². The van der Waals surface area contributed by atoms with Gasteiger partial charge in [0.15, 0.2) is 11.5 Å². The van der Waals surface area contributed by atoms with E-state index in [1.807, 2.05) is 23.9 Å². The maximum atomic E-state index is 12.5. The van der Waals surface area contributed by atoms with Gasteiger partial charge in [0, 0.05) is 28.8 Å². The van der Waals surface area contributed by atoms with Crippen molar-refractivity contribution < 1.29 is 14.3 Å². The highest BCUT2D eigenvalue weighted by Crippen LogP contribution is 2.44. The molecule has 3 N–H and O–H groups in total. The average molecular weight is 429 g/mol. The Bertz CT molecular complexity index is 837. The molecular weight excluding hydrogens is 396 g/mol. The van der Waals surface area contributed by atoms with Crippen LogP contribution in [0.15, 0.2) is 42.5 Å². The van der Waals surface area contributed by atoms with Crippen molar-refractivity contribution in [2.45, 2.75) is 37.4 Å². The SMILES string of the molecule is COc1ccc(C(=O)NCCSC(c2ccccc2N)C2CCCCC2)cc1OC. The van der Waals surface area contributed by atoms with Gasteiger partial charge >= 0.3 is 0 Å². The molecule has 2 aromatic rings. The minimum absolute atomic E-state index is 0.106. The molecule has 5 nitrogen and oxygen atoms in total. The fourth-order valence-electron chi connectivity index (χ4n) is 4.12. The lowest BCUT2D eigenvalue weighted by Crippen LogP contribution is -2.26. The normalized spacial score (nSPS) is 15.4. The number of nitrogens with two attached hydrogens (primary N) is 1. The van der Waals surface area contributed by atoms with Crippen molar-refractivity contribution in [2.75, 3.05) is 32.3 Å². The summed E-state index contributed by atoms with van der Waals surface area (Å²) in [6.45, 7) is 0.605. The van der Waals surface area contributed by atoms with Crippen LogP contribution >= 0.6 is 11.8 Å². The molecule has 30 heavy (non-hydrogen) atoms. The number of hydrogen-bond acceptors (Lipinski definition) is 5. The second-order valence-electron chi connectivity index (χ2n) is 7.64. The highest BCUT2D eigenvalue weighted by atomic mass is 32.2. The summed E-state index contributed by atoms with van der Waals surface area (Å²) in [6.07, 6.45) is 6.43. The quantitative estimate of drug-likeness (QED) is 0.431. The topological polar surface area (TPSA) is 73.6 Å². The number of nitrogens with one attached hydrogen (secondary N) is 1. The van der Waals surface area contributed by atoms with Crippen LogP contribution in [0.4, 0.5) is 5.69 Å². The number of carbonyl (C=O) groups is 1. The number of amides is 1. The number of carbonyl (C=O) groups excluding carboxylic acids is 1. The second-order valence-corrected chi connectivity index (χ2v) is 8.89. The van der Waals surface area contributed by atoms with Crippen LogP contribution in [0.3, 0.4) is 0 Å². The first-order valence-electron chi connectivity index (χ1n) is 10.6. The summed E-state index contributed by atoms with van der Waals surface area (Å²) in [6, 6.07) is 13.4. The van der Waals surface area contributed by atoms with Gasteiger partial charge in [-0.1, -0.05) is 37.5 Å². The molecule has 1 fully saturated rings. The maximum Gasteiger partial charge on any atom is 0.251 e. The van der Waals surface area contributed by atoms with Crippen LogP contribution in [0, 0.1) is 5.92 Å². The molecule has 0 saturated heterocycles. The van der Waals surface area contributed by atoms with Crippen LogP contribution < -0.4 is 20.5 Å². The Balaban J connectivity index is 1.58. The lowest BCUT2D eigenvalue weighted by atomic mass is 9.84. The number of methoxy groups -OCH3 is 2. The van der Waals surface area contributed by atoms with Crippen molar-refractivity contribution in [1.29, 1.82) is 0 Å². The molecule has 162 valence electrons. The molecule has 0 radical (unpaired) electrons. The Morgan fingerprint density at radius 1 is 1.10 bits per heavy atom. The molecule has 0 aromatic heterocycles. The highest BCUT2D eigenvalue weighted by Gasteiger charge is 2.26. The molecule has 1 saturated carbocycles. The van der Waals surface area contributed by atoms with Gasteiger partial charge in [-0.05, 0) is 48.6 Å². The summed E-state index contributed by atoms with van der Waals surface area (Å²) in [5.41, 5.74) is 8.97. The van der Waals surface area contributed by atoms with E-state index in [1.165, 1.54) is 37.7 Å². The van der Waals surface area contributed by atoms with Crippen LogP contribution in [-0.2, 0) is 0 Å². The summed E-state index contributed by atoms with van der Waals surface area (Å²) in [7, 11) is 3.15. The fourth-order valence-corrected chi connectivity index (χ4v) is 5.53. The van der Waals surface area contributed by atoms with Crippen molar-refractivity contribution >= 4 is 23.4 Å². The van der Waals surface area contributed by atoms with Crippen molar-refractivity contribution in [3.8, 4) is 11.5 Å². The minimum Gasteiger partial charge on any atom is -0.493 e. The van der Waals surface area contributed by atoms with Gasteiger partial charge in [-0.25, -0.2) is 0 Å². The average Bonchev–Trinajstić information content (AvgIpc) is 2.79. The Hall–Kier alpha value is -2.34. The predicted octanol–water partition coefficient (Wildman–Crippen LogP) is 5.07. The summed E-state index contributed by atoms with van der Waals surface area (Å²) in [5, 5.41) is 3.40. The van der Waals surface area contributed by atoms with Gasteiger partial charge in [-0.15, -0.1) is 0 Å². The standard InChI is InChI=1S/C24H32N2O3S/c1-28-21-13-12-18(16-22(21)29-2)24(27)26-14-15-30-23(17-8-4-3-5-9-17)19-10-6-7-11-20(19)25/h6-7,10-13,16-17,23H,3-5,8-9,14-15,25H2,1-2H3,(H,26,27). The van der Waals surface area contributed by atoms with Gasteiger partial charge in [-0.2, -0.15) is 11.8 Å². The first kappa shape index (κ1) is 22.3. The van der Waals surface area contributed by atoms with Gasteiger partial charge in [0.25, 0.3) is 5.91 Å². The molecule has 1 atom stereocenters. The molecule has 2 aromatic carbocycles. The van der Waals surface area contributed by atoms with E-state index in [0.29, 0.717) is 34.8 Å². The summed E-state index contributed by atoms with van der Waals surface area (Å²) >= 11 is 1.91. The summed E-state index contributed by atoms with van der Waals surface area (Å²) < 4.78 is 10.5. The first-order chi connectivity index (χ1) is 14.6. The van der Waals surface area contributed by atoms with Crippen LogP contribution in [-0.4, -0.2) is 32.4 Å². The molecule has 0 heterocycles. The maximum absolute atomic E-state index is 12.5. The Morgan fingerprint density at radius 3 is 2.53 bits per heavy atom. The molecule has 1 aliphatic carbocycles. The number of thioether (sulfide) groups is 1. The minimum atomic E-state index is -0.106. The molecular formula is C24H32N2O3S. The third-order valence-electron chi connectivity index (χ3n) is 5.71. The molecule has 0 bridgehead atoms. The molecule has 1 unspecified atom stereocenters. The van der Waals surface area contributed by atoms with E-state index >= 15 is 0 Å². The third kappa shape index (κ3) is 5.63. The van der Waals surface area contributed by atoms with Gasteiger partial charge in [-0.3, -0.25) is 4.79 Å². The van der Waals surface area contributed by atoms with E-state index in [-0.39, 0.29) is 5.91 Å². The van der Waals surface area contributed by atoms with Crippen molar-refractivity contribution in [3.63, 3.8) is 0 Å². The van der Waals surface area contributed by atoms with Crippen LogP contribution in [0.1, 0.15) is 53.3 Å².